The normalized spacial score (nSPS) is 26.7. The van der Waals surface area contributed by atoms with E-state index in [-0.39, 0.29) is 18.1 Å². The molecule has 0 aromatic rings. The molecule has 2 unspecified atom stereocenters. The van der Waals surface area contributed by atoms with Crippen LogP contribution in [0.5, 0.6) is 0 Å². The first kappa shape index (κ1) is 13.1. The Morgan fingerprint density at radius 3 is 2.47 bits per heavy atom. The van der Waals surface area contributed by atoms with Gasteiger partial charge in [-0.2, -0.15) is 0 Å². The van der Waals surface area contributed by atoms with E-state index in [1.54, 1.807) is 0 Å². The summed E-state index contributed by atoms with van der Waals surface area (Å²) in [6, 6.07) is 0. The van der Waals surface area contributed by atoms with Crippen LogP contribution < -0.4 is 5.32 Å². The second kappa shape index (κ2) is 5.37. The van der Waals surface area contributed by atoms with Crippen molar-refractivity contribution < 1.29 is 9.53 Å². The minimum absolute atomic E-state index is 0.108. The van der Waals surface area contributed by atoms with E-state index in [0.29, 0.717) is 11.8 Å². The van der Waals surface area contributed by atoms with Gasteiger partial charge in [0, 0.05) is 11.8 Å². The molecule has 1 N–H and O–H groups in total. The molecule has 1 fully saturated rings. The predicted octanol–water partition coefficient (Wildman–Crippen LogP) is 1.91. The molecule has 5 heteroatoms. The number of ether oxygens (including phenoxy) is 1. The molecule has 15 heavy (non-hydrogen) atoms. The van der Waals surface area contributed by atoms with Gasteiger partial charge in [0.2, 0.25) is 5.91 Å². The fourth-order valence-electron chi connectivity index (χ4n) is 1.48. The third-order valence-electron chi connectivity index (χ3n) is 2.54. The monoisotopic (exact) mass is 253 g/mol. The number of rotatable bonds is 4. The summed E-state index contributed by atoms with van der Waals surface area (Å²) in [5.74, 6) is 0.484. The molecule has 0 radical (unpaired) electrons. The van der Waals surface area contributed by atoms with Gasteiger partial charge >= 0.3 is 0 Å². The summed E-state index contributed by atoms with van der Waals surface area (Å²) in [7, 11) is 0. The van der Waals surface area contributed by atoms with Crippen LogP contribution in [-0.2, 0) is 9.53 Å². The Morgan fingerprint density at radius 2 is 2.07 bits per heavy atom. The largest absolute Gasteiger partial charge is 0.365 e. The van der Waals surface area contributed by atoms with E-state index in [1.165, 1.54) is 0 Å². The predicted molar refractivity (Wildman–Crippen MR) is 61.6 cm³/mol. The van der Waals surface area contributed by atoms with Gasteiger partial charge in [-0.15, -0.1) is 23.2 Å². The van der Waals surface area contributed by atoms with E-state index < -0.39 is 5.54 Å². The Hall–Kier alpha value is 0.01000. The van der Waals surface area contributed by atoms with Crippen LogP contribution in [0.1, 0.15) is 26.7 Å². The van der Waals surface area contributed by atoms with Crippen LogP contribution in [0, 0.1) is 0 Å². The van der Waals surface area contributed by atoms with Crippen LogP contribution in [0.3, 0.4) is 0 Å². The highest BCUT2D eigenvalue weighted by molar-refractivity contribution is 6.22. The van der Waals surface area contributed by atoms with Gasteiger partial charge < -0.3 is 10.1 Å². The van der Waals surface area contributed by atoms with E-state index >= 15 is 0 Å². The maximum atomic E-state index is 11.8. The second-order valence-electron chi connectivity index (χ2n) is 4.33. The SMILES string of the molecule is CC1CCC(C(=O)NC(C)(CCl)CCl)O1. The number of alkyl halides is 2. The molecule has 0 aliphatic carbocycles. The lowest BCUT2D eigenvalue weighted by atomic mass is 10.1. The molecule has 0 aromatic heterocycles. The Kier molecular flexibility index (Phi) is 4.68. The van der Waals surface area contributed by atoms with Crippen LogP contribution in [0.25, 0.3) is 0 Å². The van der Waals surface area contributed by atoms with Gasteiger partial charge in [0.1, 0.15) is 6.10 Å². The Balaban J connectivity index is 2.48. The fraction of sp³-hybridized carbons (Fsp3) is 0.900. The molecule has 1 aliphatic rings. The van der Waals surface area contributed by atoms with E-state index in [4.69, 9.17) is 27.9 Å². The van der Waals surface area contributed by atoms with E-state index in [1.807, 2.05) is 13.8 Å². The Labute approximate surface area is 100 Å². The maximum absolute atomic E-state index is 11.8. The molecule has 0 aromatic carbocycles. The number of nitrogens with one attached hydrogen (secondary N) is 1. The average molecular weight is 254 g/mol. The topological polar surface area (TPSA) is 38.3 Å². The molecule has 1 saturated heterocycles. The van der Waals surface area contributed by atoms with Gasteiger partial charge in [0.15, 0.2) is 0 Å². The van der Waals surface area contributed by atoms with Crippen molar-refractivity contribution in [2.45, 2.75) is 44.4 Å². The molecular formula is C10H17Cl2NO2. The van der Waals surface area contributed by atoms with Crippen LogP contribution in [0.15, 0.2) is 0 Å². The first-order valence-electron chi connectivity index (χ1n) is 5.10. The van der Waals surface area contributed by atoms with E-state index in [2.05, 4.69) is 5.32 Å². The smallest absolute Gasteiger partial charge is 0.249 e. The van der Waals surface area contributed by atoms with Crippen molar-refractivity contribution >= 4 is 29.1 Å². The number of amides is 1. The zero-order chi connectivity index (χ0) is 11.5. The van der Waals surface area contributed by atoms with Crippen LogP contribution in [0.2, 0.25) is 0 Å². The number of halogens is 2. The van der Waals surface area contributed by atoms with Crippen LogP contribution in [-0.4, -0.2) is 35.4 Å². The van der Waals surface area contributed by atoms with Gasteiger partial charge in [0.05, 0.1) is 11.6 Å². The molecule has 1 rings (SSSR count). The lowest BCUT2D eigenvalue weighted by molar-refractivity contribution is -0.133. The lowest BCUT2D eigenvalue weighted by Crippen LogP contribution is -2.52. The minimum Gasteiger partial charge on any atom is -0.365 e. The number of hydrogen-bond donors (Lipinski definition) is 1. The number of carbonyl (C=O) groups is 1. The van der Waals surface area contributed by atoms with Crippen LogP contribution >= 0.6 is 23.2 Å². The van der Waals surface area contributed by atoms with Gasteiger partial charge in [-0.05, 0) is 26.7 Å². The summed E-state index contributed by atoms with van der Waals surface area (Å²) in [6.07, 6.45) is 1.52. The molecule has 0 spiro atoms. The van der Waals surface area contributed by atoms with Gasteiger partial charge in [-0.3, -0.25) is 4.79 Å². The first-order valence-corrected chi connectivity index (χ1v) is 6.17. The molecule has 1 heterocycles. The lowest BCUT2D eigenvalue weighted by Gasteiger charge is -2.27. The summed E-state index contributed by atoms with van der Waals surface area (Å²) in [6.45, 7) is 3.79. The maximum Gasteiger partial charge on any atom is 0.249 e. The zero-order valence-corrected chi connectivity index (χ0v) is 10.6. The third-order valence-corrected chi connectivity index (χ3v) is 3.72. The highest BCUT2D eigenvalue weighted by Crippen LogP contribution is 2.20. The van der Waals surface area contributed by atoms with E-state index in [0.717, 1.165) is 12.8 Å². The standard InChI is InChI=1S/C10H17Cl2NO2/c1-7-3-4-8(15-7)9(14)13-10(2,5-11)6-12/h7-8H,3-6H2,1-2H3,(H,13,14). The summed E-state index contributed by atoms with van der Waals surface area (Å²) in [5.41, 5.74) is -0.546. The Bertz CT molecular complexity index is 231. The van der Waals surface area contributed by atoms with Crippen molar-refractivity contribution in [1.29, 1.82) is 0 Å². The summed E-state index contributed by atoms with van der Waals surface area (Å²) >= 11 is 11.5. The molecule has 2 atom stereocenters. The summed E-state index contributed by atoms with van der Waals surface area (Å²) in [5, 5.41) is 2.83. The van der Waals surface area contributed by atoms with Crippen molar-refractivity contribution in [2.75, 3.05) is 11.8 Å². The van der Waals surface area contributed by atoms with Crippen molar-refractivity contribution in [1.82, 2.24) is 5.32 Å². The van der Waals surface area contributed by atoms with Gasteiger partial charge in [0.25, 0.3) is 0 Å². The summed E-state index contributed by atoms with van der Waals surface area (Å²) < 4.78 is 5.46. The third kappa shape index (κ3) is 3.51. The van der Waals surface area contributed by atoms with Crippen molar-refractivity contribution in [2.24, 2.45) is 0 Å². The van der Waals surface area contributed by atoms with Crippen LogP contribution in [0.4, 0.5) is 0 Å². The zero-order valence-electron chi connectivity index (χ0n) is 9.06. The quantitative estimate of drug-likeness (QED) is 0.778. The molecule has 1 aliphatic heterocycles. The van der Waals surface area contributed by atoms with Crippen molar-refractivity contribution in [3.8, 4) is 0 Å². The molecule has 0 saturated carbocycles. The highest BCUT2D eigenvalue weighted by Gasteiger charge is 2.32. The number of carbonyl (C=O) groups excluding carboxylic acids is 1. The molecule has 88 valence electrons. The molecule has 3 nitrogen and oxygen atoms in total. The molecule has 1 amide bonds. The molecule has 0 bridgehead atoms. The van der Waals surface area contributed by atoms with Crippen molar-refractivity contribution in [3.63, 3.8) is 0 Å². The Morgan fingerprint density at radius 1 is 1.47 bits per heavy atom. The highest BCUT2D eigenvalue weighted by atomic mass is 35.5. The fourth-order valence-corrected chi connectivity index (χ4v) is 1.90. The van der Waals surface area contributed by atoms with Crippen molar-refractivity contribution in [3.05, 3.63) is 0 Å². The minimum atomic E-state index is -0.546. The average Bonchev–Trinajstić information content (AvgIpc) is 2.65. The first-order chi connectivity index (χ1) is 7.00. The second-order valence-corrected chi connectivity index (χ2v) is 4.86. The summed E-state index contributed by atoms with van der Waals surface area (Å²) in [4.78, 5) is 11.8. The van der Waals surface area contributed by atoms with E-state index in [9.17, 15) is 4.79 Å². The number of hydrogen-bond acceptors (Lipinski definition) is 2. The molecular weight excluding hydrogens is 237 g/mol. The van der Waals surface area contributed by atoms with Gasteiger partial charge in [-0.1, -0.05) is 0 Å². The van der Waals surface area contributed by atoms with Gasteiger partial charge in [-0.25, -0.2) is 0 Å².